The minimum Gasteiger partial charge on any atom is -0.477 e. The number of pyridine rings is 1. The summed E-state index contributed by atoms with van der Waals surface area (Å²) in [6.45, 7) is 2.87. The molecule has 1 aliphatic rings. The lowest BCUT2D eigenvalue weighted by Gasteiger charge is -2.40. The molecule has 1 amide bonds. The number of carbonyl (C=O) groups is 1. The number of benzene rings is 1. The molecule has 0 saturated carbocycles. The molecule has 0 aliphatic carbocycles. The van der Waals surface area contributed by atoms with Gasteiger partial charge in [0.2, 0.25) is 11.8 Å². The van der Waals surface area contributed by atoms with Crippen molar-refractivity contribution in [2.24, 2.45) is 5.73 Å². The number of ether oxygens (including phenoxy) is 1. The molecule has 8 nitrogen and oxygen atoms in total. The lowest BCUT2D eigenvalue weighted by Crippen LogP contribution is -2.50. The summed E-state index contributed by atoms with van der Waals surface area (Å²) in [4.78, 5) is 27.6. The lowest BCUT2D eigenvalue weighted by molar-refractivity contribution is -0.137. The average Bonchev–Trinajstić information content (AvgIpc) is 2.88. The average molecular weight is 496 g/mol. The van der Waals surface area contributed by atoms with E-state index in [2.05, 4.69) is 15.0 Å². The number of nitrogens with zero attached hydrogens (tertiary/aromatic N) is 5. The number of nitriles is 1. The van der Waals surface area contributed by atoms with Crippen LogP contribution in [0.4, 0.5) is 18.9 Å². The highest BCUT2D eigenvalue weighted by atomic mass is 19.4. The number of aromatic nitrogens is 3. The summed E-state index contributed by atoms with van der Waals surface area (Å²) in [5, 5.41) is 9.43. The number of halogens is 3. The van der Waals surface area contributed by atoms with Crippen LogP contribution in [0.15, 0.2) is 48.9 Å². The molecule has 1 aromatic carbocycles. The summed E-state index contributed by atoms with van der Waals surface area (Å²) in [6, 6.07) is 8.48. The van der Waals surface area contributed by atoms with Gasteiger partial charge in [0.25, 0.3) is 0 Å². The number of nitrogens with two attached hydrogens (primary N) is 1. The third-order valence-electron chi connectivity index (χ3n) is 6.34. The number of rotatable bonds is 6. The van der Waals surface area contributed by atoms with Crippen molar-refractivity contribution in [2.75, 3.05) is 24.6 Å². The summed E-state index contributed by atoms with van der Waals surface area (Å²) in [6.07, 6.45) is 0.642. The molecule has 1 aliphatic heterocycles. The topological polar surface area (TPSA) is 118 Å². The van der Waals surface area contributed by atoms with Crippen molar-refractivity contribution in [1.82, 2.24) is 15.0 Å². The first-order valence-corrected chi connectivity index (χ1v) is 11.3. The lowest BCUT2D eigenvalue weighted by atomic mass is 9.75. The molecule has 0 unspecified atom stereocenters. The Bertz CT molecular complexity index is 1300. The van der Waals surface area contributed by atoms with Crippen molar-refractivity contribution in [2.45, 2.75) is 31.4 Å². The number of anilines is 1. The Hall–Kier alpha value is -4.20. The third-order valence-corrected chi connectivity index (χ3v) is 6.34. The number of hydrogen-bond acceptors (Lipinski definition) is 7. The molecular formula is C25H23F3N6O2. The van der Waals surface area contributed by atoms with Gasteiger partial charge in [0.1, 0.15) is 6.07 Å². The maximum Gasteiger partial charge on any atom is 0.416 e. The zero-order valence-electron chi connectivity index (χ0n) is 19.4. The highest BCUT2D eigenvalue weighted by Gasteiger charge is 2.43. The maximum atomic E-state index is 13.1. The van der Waals surface area contributed by atoms with Gasteiger partial charge in [0, 0.05) is 19.3 Å². The van der Waals surface area contributed by atoms with Gasteiger partial charge in [-0.2, -0.15) is 18.4 Å². The van der Waals surface area contributed by atoms with Gasteiger partial charge >= 0.3 is 6.18 Å². The minimum atomic E-state index is -4.54. The Kier molecular flexibility index (Phi) is 6.79. The van der Waals surface area contributed by atoms with Gasteiger partial charge in [0.05, 0.1) is 58.2 Å². The van der Waals surface area contributed by atoms with Crippen LogP contribution < -0.4 is 15.4 Å². The predicted molar refractivity (Wildman–Crippen MR) is 125 cm³/mol. The molecule has 186 valence electrons. The molecule has 0 spiro atoms. The van der Waals surface area contributed by atoms with Crippen molar-refractivity contribution < 1.29 is 22.7 Å². The molecule has 3 heterocycles. The first-order valence-electron chi connectivity index (χ1n) is 11.3. The van der Waals surface area contributed by atoms with Crippen molar-refractivity contribution in [1.29, 1.82) is 5.26 Å². The smallest absolute Gasteiger partial charge is 0.416 e. The molecule has 0 radical (unpaired) electrons. The van der Waals surface area contributed by atoms with E-state index in [1.165, 1.54) is 18.5 Å². The number of carbonyl (C=O) groups excluding carboxylic acids is 1. The van der Waals surface area contributed by atoms with E-state index in [-0.39, 0.29) is 18.4 Å². The summed E-state index contributed by atoms with van der Waals surface area (Å²) in [5.74, 6) is -0.140. The normalized spacial score (nSPS) is 15.2. The Morgan fingerprint density at radius 2 is 1.94 bits per heavy atom. The van der Waals surface area contributed by atoms with Crippen LogP contribution in [0.1, 0.15) is 36.6 Å². The molecule has 2 aromatic heterocycles. The van der Waals surface area contributed by atoms with Gasteiger partial charge in [-0.05, 0) is 50.1 Å². The first kappa shape index (κ1) is 24.9. The fraction of sp³-hybridized carbons (Fsp3) is 0.320. The SMILES string of the molecule is CCOc1ncccc1-c1cnc(C2(C(N)=O)CCN(c3ccc(C(F)(F)F)cc3C#N)CC2)cn1. The molecule has 1 fully saturated rings. The van der Waals surface area contributed by atoms with Gasteiger partial charge in [-0.1, -0.05) is 0 Å². The molecule has 11 heteroatoms. The second-order valence-corrected chi connectivity index (χ2v) is 8.35. The van der Waals surface area contributed by atoms with E-state index in [1.807, 2.05) is 13.0 Å². The van der Waals surface area contributed by atoms with Crippen LogP contribution in [0.3, 0.4) is 0 Å². The van der Waals surface area contributed by atoms with Gasteiger partial charge in [0.15, 0.2) is 0 Å². The molecule has 3 aromatic rings. The van der Waals surface area contributed by atoms with Crippen molar-refractivity contribution >= 4 is 11.6 Å². The third kappa shape index (κ3) is 4.66. The number of alkyl halides is 3. The Balaban J connectivity index is 1.58. The van der Waals surface area contributed by atoms with Gasteiger partial charge in [-0.3, -0.25) is 14.8 Å². The van der Waals surface area contributed by atoms with Crippen LogP contribution in [0.2, 0.25) is 0 Å². The Morgan fingerprint density at radius 3 is 2.53 bits per heavy atom. The van der Waals surface area contributed by atoms with Crippen LogP contribution in [-0.2, 0) is 16.4 Å². The fourth-order valence-corrected chi connectivity index (χ4v) is 4.39. The molecular weight excluding hydrogens is 473 g/mol. The summed E-state index contributed by atoms with van der Waals surface area (Å²) in [5.41, 5.74) is 5.73. The van der Waals surface area contributed by atoms with E-state index in [0.29, 0.717) is 48.2 Å². The molecule has 36 heavy (non-hydrogen) atoms. The van der Waals surface area contributed by atoms with E-state index in [4.69, 9.17) is 10.5 Å². The zero-order chi connectivity index (χ0) is 25.9. The first-order chi connectivity index (χ1) is 17.2. The number of amides is 1. The second-order valence-electron chi connectivity index (χ2n) is 8.35. The minimum absolute atomic E-state index is 0.0814. The quantitative estimate of drug-likeness (QED) is 0.551. The maximum absolute atomic E-state index is 13.1. The molecule has 4 rings (SSSR count). The van der Waals surface area contributed by atoms with Gasteiger partial charge in [-0.25, -0.2) is 4.98 Å². The largest absolute Gasteiger partial charge is 0.477 e. The van der Waals surface area contributed by atoms with E-state index < -0.39 is 23.1 Å². The number of primary amides is 1. The van der Waals surface area contributed by atoms with Crippen molar-refractivity contribution in [3.63, 3.8) is 0 Å². The second kappa shape index (κ2) is 9.81. The summed E-state index contributed by atoms with van der Waals surface area (Å²) >= 11 is 0. The van der Waals surface area contributed by atoms with Gasteiger partial charge in [-0.15, -0.1) is 0 Å². The summed E-state index contributed by atoms with van der Waals surface area (Å²) < 4.78 is 44.7. The van der Waals surface area contributed by atoms with Crippen LogP contribution in [0.5, 0.6) is 5.88 Å². The van der Waals surface area contributed by atoms with Crippen LogP contribution in [0, 0.1) is 11.3 Å². The monoisotopic (exact) mass is 496 g/mol. The molecule has 2 N–H and O–H groups in total. The Labute approximate surface area is 205 Å². The number of hydrogen-bond donors (Lipinski definition) is 1. The molecule has 0 atom stereocenters. The van der Waals surface area contributed by atoms with E-state index in [1.54, 1.807) is 23.2 Å². The summed E-state index contributed by atoms with van der Waals surface area (Å²) in [7, 11) is 0. The standard InChI is InChI=1S/C25H23F3N6O2/c1-2-36-22-18(4-3-9-31-22)19-14-33-21(15-32-19)24(23(30)35)7-10-34(11-8-24)20-6-5-17(25(26,27)28)12-16(20)13-29/h3-6,9,12,14-15H,2,7-8,10-11H2,1H3,(H2,30,35). The van der Waals surface area contributed by atoms with Gasteiger partial charge < -0.3 is 15.4 Å². The van der Waals surface area contributed by atoms with E-state index in [0.717, 1.165) is 12.1 Å². The molecule has 0 bridgehead atoms. The van der Waals surface area contributed by atoms with E-state index in [9.17, 15) is 23.2 Å². The zero-order valence-corrected chi connectivity index (χ0v) is 19.4. The van der Waals surface area contributed by atoms with Crippen LogP contribution in [0.25, 0.3) is 11.3 Å². The van der Waals surface area contributed by atoms with Crippen molar-refractivity contribution in [3.05, 3.63) is 65.7 Å². The number of piperidine rings is 1. The highest BCUT2D eigenvalue weighted by Crippen LogP contribution is 2.38. The fourth-order valence-electron chi connectivity index (χ4n) is 4.39. The predicted octanol–water partition coefficient (Wildman–Crippen LogP) is 3.85. The molecule has 1 saturated heterocycles. The van der Waals surface area contributed by atoms with Crippen molar-refractivity contribution in [3.8, 4) is 23.2 Å². The van der Waals surface area contributed by atoms with Crippen LogP contribution >= 0.6 is 0 Å². The van der Waals surface area contributed by atoms with Crippen LogP contribution in [-0.4, -0.2) is 40.6 Å². The van der Waals surface area contributed by atoms with E-state index >= 15 is 0 Å². The Morgan fingerprint density at radius 1 is 1.19 bits per heavy atom. The highest BCUT2D eigenvalue weighted by molar-refractivity contribution is 5.86.